The summed E-state index contributed by atoms with van der Waals surface area (Å²) < 4.78 is 3.98. The second kappa shape index (κ2) is 5.20. The number of rotatable bonds is 3. The van der Waals surface area contributed by atoms with Gasteiger partial charge in [0.2, 0.25) is 23.0 Å². The predicted octanol–water partition coefficient (Wildman–Crippen LogP) is 2.54. The number of benzene rings is 1. The van der Waals surface area contributed by atoms with Crippen molar-refractivity contribution in [3.8, 4) is 0 Å². The Bertz CT molecular complexity index is 785. The van der Waals surface area contributed by atoms with E-state index in [1.54, 1.807) is 12.1 Å². The molecule has 0 saturated carbocycles. The number of hydrogen-bond acceptors (Lipinski definition) is 2. The van der Waals surface area contributed by atoms with Gasteiger partial charge < -0.3 is 0 Å². The summed E-state index contributed by atoms with van der Waals surface area (Å²) >= 11 is 0. The Balaban J connectivity index is 2.32. The average Bonchev–Trinajstić information content (AvgIpc) is 2.77. The van der Waals surface area contributed by atoms with Gasteiger partial charge in [-0.25, -0.2) is 9.13 Å². The third kappa shape index (κ3) is 1.94. The number of carbonyl (C=O) groups is 2. The van der Waals surface area contributed by atoms with E-state index in [1.807, 2.05) is 35.1 Å². The summed E-state index contributed by atoms with van der Waals surface area (Å²) in [6.07, 6.45) is 0. The molecule has 4 heteroatoms. The molecule has 0 bridgehead atoms. The number of aromatic nitrogens is 2. The topological polar surface area (TPSA) is 43.0 Å². The van der Waals surface area contributed by atoms with Crippen LogP contribution in [0.1, 0.15) is 58.7 Å². The summed E-state index contributed by atoms with van der Waals surface area (Å²) in [6.45, 7) is 9.64. The fourth-order valence-corrected chi connectivity index (χ4v) is 3.29. The molecule has 1 heterocycles. The zero-order valence-electron chi connectivity index (χ0n) is 13.5. The molecule has 0 unspecified atom stereocenters. The molecule has 0 spiro atoms. The van der Waals surface area contributed by atoms with Crippen LogP contribution in [0, 0.1) is 12.8 Å². The molecule has 22 heavy (non-hydrogen) atoms. The molecule has 2 aromatic rings. The third-order valence-corrected chi connectivity index (χ3v) is 4.26. The molecular formula is C18H21N2O2+. The number of ketones is 2. The van der Waals surface area contributed by atoms with Crippen molar-refractivity contribution in [2.45, 2.75) is 40.8 Å². The highest BCUT2D eigenvalue weighted by Crippen LogP contribution is 2.27. The van der Waals surface area contributed by atoms with E-state index < -0.39 is 0 Å². The quantitative estimate of drug-likeness (QED) is 0.697. The van der Waals surface area contributed by atoms with Gasteiger partial charge in [0, 0.05) is 18.1 Å². The second-order valence-corrected chi connectivity index (χ2v) is 6.20. The highest BCUT2D eigenvalue weighted by molar-refractivity contribution is 6.26. The first-order chi connectivity index (χ1) is 10.5. The Hall–Kier alpha value is -2.23. The van der Waals surface area contributed by atoms with E-state index in [0.717, 1.165) is 12.4 Å². The Morgan fingerprint density at radius 1 is 1.09 bits per heavy atom. The normalized spacial score (nSPS) is 13.5. The van der Waals surface area contributed by atoms with Crippen molar-refractivity contribution < 1.29 is 14.2 Å². The lowest BCUT2D eigenvalue weighted by molar-refractivity contribution is -0.709. The monoisotopic (exact) mass is 297 g/mol. The van der Waals surface area contributed by atoms with Crippen LogP contribution in [-0.4, -0.2) is 16.1 Å². The standard InChI is InChI=1S/C18H21N2O2/c1-5-19-12(4)20(10-11(2)3)16-15(19)17(21)13-8-6-7-9-14(13)18(16)22/h6-9,11H,5,10H2,1-4H3/q+1. The minimum absolute atomic E-state index is 0.0406. The number of carbonyl (C=O) groups excluding carboxylic acids is 2. The van der Waals surface area contributed by atoms with Crippen LogP contribution in [0.2, 0.25) is 0 Å². The van der Waals surface area contributed by atoms with Crippen LogP contribution in [0.25, 0.3) is 0 Å². The van der Waals surface area contributed by atoms with Gasteiger partial charge >= 0.3 is 0 Å². The van der Waals surface area contributed by atoms with Crippen molar-refractivity contribution >= 4 is 11.6 Å². The van der Waals surface area contributed by atoms with E-state index in [1.165, 1.54) is 0 Å². The van der Waals surface area contributed by atoms with Crippen LogP contribution in [-0.2, 0) is 13.1 Å². The molecule has 114 valence electrons. The molecule has 1 aliphatic carbocycles. The molecule has 1 aromatic carbocycles. The lowest BCUT2D eigenvalue weighted by Gasteiger charge is -2.13. The van der Waals surface area contributed by atoms with Gasteiger partial charge in [0.25, 0.3) is 5.82 Å². The fraction of sp³-hybridized carbons (Fsp3) is 0.389. The molecule has 1 aliphatic rings. The molecule has 0 fully saturated rings. The maximum absolute atomic E-state index is 13.0. The van der Waals surface area contributed by atoms with Gasteiger partial charge in [-0.3, -0.25) is 9.59 Å². The number of hydrogen-bond donors (Lipinski definition) is 0. The first-order valence-corrected chi connectivity index (χ1v) is 7.78. The molecule has 0 N–H and O–H groups in total. The molecule has 1 aromatic heterocycles. The molecule has 0 radical (unpaired) electrons. The number of fused-ring (bicyclic) bond motifs is 2. The number of nitrogens with zero attached hydrogens (tertiary/aromatic N) is 2. The van der Waals surface area contributed by atoms with Gasteiger partial charge in [-0.1, -0.05) is 38.1 Å². The van der Waals surface area contributed by atoms with Crippen molar-refractivity contribution in [2.75, 3.05) is 0 Å². The lowest BCUT2D eigenvalue weighted by Crippen LogP contribution is -2.44. The van der Waals surface area contributed by atoms with E-state index in [0.29, 0.717) is 35.0 Å². The van der Waals surface area contributed by atoms with Crippen molar-refractivity contribution in [2.24, 2.45) is 5.92 Å². The molecule has 4 nitrogen and oxygen atoms in total. The van der Waals surface area contributed by atoms with Crippen molar-refractivity contribution in [1.82, 2.24) is 4.57 Å². The predicted molar refractivity (Wildman–Crippen MR) is 83.2 cm³/mol. The second-order valence-electron chi connectivity index (χ2n) is 6.20. The molecular weight excluding hydrogens is 276 g/mol. The van der Waals surface area contributed by atoms with Gasteiger partial charge in [-0.2, -0.15) is 0 Å². The summed E-state index contributed by atoms with van der Waals surface area (Å²) in [7, 11) is 0. The van der Waals surface area contributed by atoms with Crippen LogP contribution in [0.3, 0.4) is 0 Å². The number of imidazole rings is 1. The average molecular weight is 297 g/mol. The molecule has 0 saturated heterocycles. The molecule has 0 atom stereocenters. The van der Waals surface area contributed by atoms with Gasteiger partial charge in [0.15, 0.2) is 0 Å². The van der Waals surface area contributed by atoms with Gasteiger partial charge in [0.1, 0.15) is 0 Å². The minimum atomic E-state index is -0.0438. The zero-order chi connectivity index (χ0) is 16.0. The summed E-state index contributed by atoms with van der Waals surface area (Å²) in [4.78, 5) is 25.8. The Labute approximate surface area is 130 Å². The SMILES string of the molecule is CCn1c2c([n+](CC(C)C)c1C)C(=O)c1ccccc1C2=O. The molecule has 3 rings (SSSR count). The molecule has 0 aliphatic heterocycles. The third-order valence-electron chi connectivity index (χ3n) is 4.26. The van der Waals surface area contributed by atoms with Gasteiger partial charge in [-0.05, 0) is 12.8 Å². The van der Waals surface area contributed by atoms with Crippen molar-refractivity contribution in [1.29, 1.82) is 0 Å². The van der Waals surface area contributed by atoms with Gasteiger partial charge in [0.05, 0.1) is 13.1 Å². The lowest BCUT2D eigenvalue weighted by atomic mass is 9.90. The highest BCUT2D eigenvalue weighted by atomic mass is 16.1. The summed E-state index contributed by atoms with van der Waals surface area (Å²) in [5.74, 6) is 1.29. The smallest absolute Gasteiger partial charge is 0.254 e. The molecule has 0 amide bonds. The van der Waals surface area contributed by atoms with E-state index in [2.05, 4.69) is 13.8 Å². The van der Waals surface area contributed by atoms with Crippen LogP contribution in [0.4, 0.5) is 0 Å². The summed E-state index contributed by atoms with van der Waals surface area (Å²) in [5, 5.41) is 0. The Kier molecular flexibility index (Phi) is 3.47. The Morgan fingerprint density at radius 3 is 2.23 bits per heavy atom. The highest BCUT2D eigenvalue weighted by Gasteiger charge is 2.42. The van der Waals surface area contributed by atoms with Crippen LogP contribution in [0.15, 0.2) is 24.3 Å². The first kappa shape index (κ1) is 14.7. The van der Waals surface area contributed by atoms with E-state index in [-0.39, 0.29) is 11.6 Å². The maximum Gasteiger partial charge on any atom is 0.254 e. The fourth-order valence-electron chi connectivity index (χ4n) is 3.29. The van der Waals surface area contributed by atoms with Crippen LogP contribution >= 0.6 is 0 Å². The van der Waals surface area contributed by atoms with E-state index >= 15 is 0 Å². The van der Waals surface area contributed by atoms with Crippen molar-refractivity contribution in [3.63, 3.8) is 0 Å². The van der Waals surface area contributed by atoms with Crippen LogP contribution in [0.5, 0.6) is 0 Å². The van der Waals surface area contributed by atoms with E-state index in [4.69, 9.17) is 0 Å². The minimum Gasteiger partial charge on any atom is -0.284 e. The largest absolute Gasteiger partial charge is 0.284 e. The van der Waals surface area contributed by atoms with E-state index in [9.17, 15) is 9.59 Å². The zero-order valence-corrected chi connectivity index (χ0v) is 13.5. The maximum atomic E-state index is 13.0. The summed E-state index contributed by atoms with van der Waals surface area (Å²) in [6, 6.07) is 7.11. The first-order valence-electron chi connectivity index (χ1n) is 7.78. The Morgan fingerprint density at radius 2 is 1.68 bits per heavy atom. The summed E-state index contributed by atoms with van der Waals surface area (Å²) in [5.41, 5.74) is 2.13. The van der Waals surface area contributed by atoms with Crippen molar-refractivity contribution in [3.05, 3.63) is 52.6 Å². The van der Waals surface area contributed by atoms with Gasteiger partial charge in [-0.15, -0.1) is 0 Å². The van der Waals surface area contributed by atoms with Crippen LogP contribution < -0.4 is 4.57 Å².